The summed E-state index contributed by atoms with van der Waals surface area (Å²) in [4.78, 5) is 15.6. The number of nitro groups is 1. The summed E-state index contributed by atoms with van der Waals surface area (Å²) in [5.41, 5.74) is 0.594. The number of nitrogens with zero attached hydrogens (tertiary/aromatic N) is 2. The third-order valence-electron chi connectivity index (χ3n) is 3.43. The fourth-order valence-electron chi connectivity index (χ4n) is 2.11. The normalized spacial score (nSPS) is 13.2. The van der Waals surface area contributed by atoms with Crippen molar-refractivity contribution in [1.29, 1.82) is 0 Å². The second kappa shape index (κ2) is 6.31. The van der Waals surface area contributed by atoms with Gasteiger partial charge in [0.1, 0.15) is 6.04 Å². The van der Waals surface area contributed by atoms with Crippen LogP contribution in [-0.2, 0) is 0 Å². The minimum absolute atomic E-state index is 0.271. The van der Waals surface area contributed by atoms with E-state index < -0.39 is 11.6 Å². The molecule has 0 radical (unpaired) electrons. The summed E-state index contributed by atoms with van der Waals surface area (Å²) in [6.45, 7) is 3.21. The molecule has 0 saturated heterocycles. The summed E-state index contributed by atoms with van der Waals surface area (Å²) in [7, 11) is 0. The lowest BCUT2D eigenvalue weighted by Crippen LogP contribution is -2.37. The molecule has 0 spiro atoms. The van der Waals surface area contributed by atoms with E-state index in [4.69, 9.17) is 0 Å². The van der Waals surface area contributed by atoms with Crippen LogP contribution >= 0.6 is 0 Å². The molecule has 2 aromatic rings. The van der Waals surface area contributed by atoms with Crippen molar-refractivity contribution in [2.45, 2.75) is 25.4 Å². The van der Waals surface area contributed by atoms with Crippen LogP contribution in [0.5, 0.6) is 0 Å². The average Bonchev–Trinajstić information content (AvgIpc) is 2.49. The molecule has 1 unspecified atom stereocenters. The summed E-state index contributed by atoms with van der Waals surface area (Å²) >= 11 is 0. The van der Waals surface area contributed by atoms with Crippen LogP contribution in [0.3, 0.4) is 0 Å². The first kappa shape index (κ1) is 14.9. The Bertz CT molecular complexity index is 622. The molecule has 0 aromatic heterocycles. The van der Waals surface area contributed by atoms with E-state index in [1.54, 1.807) is 20.1 Å². The molecule has 0 fully saturated rings. The lowest BCUT2D eigenvalue weighted by molar-refractivity contribution is -0.565. The molecule has 0 aliphatic carbocycles. The Kier molecular flexibility index (Phi) is 4.48. The molecule has 21 heavy (non-hydrogen) atoms. The van der Waals surface area contributed by atoms with Gasteiger partial charge in [0, 0.05) is 25.0 Å². The molecular weight excluding hydrogens is 264 g/mol. The second-order valence-corrected chi connectivity index (χ2v) is 5.41. The lowest BCUT2D eigenvalue weighted by atomic mass is 9.89. The molecule has 0 saturated carbocycles. The maximum Gasteiger partial charge on any atom is 0.242 e. The van der Waals surface area contributed by atoms with Gasteiger partial charge in [-0.2, -0.15) is 0 Å². The summed E-state index contributed by atoms with van der Waals surface area (Å²) < 4.78 is 0. The molecule has 4 nitrogen and oxygen atoms in total. The van der Waals surface area contributed by atoms with Gasteiger partial charge in [0.2, 0.25) is 5.54 Å². The predicted octanol–water partition coefficient (Wildman–Crippen LogP) is 3.90. The van der Waals surface area contributed by atoms with E-state index >= 15 is 0 Å². The zero-order valence-corrected chi connectivity index (χ0v) is 12.1. The maximum atomic E-state index is 11.4. The summed E-state index contributed by atoms with van der Waals surface area (Å²) in [6.07, 6.45) is 1.70. The van der Waals surface area contributed by atoms with Crippen molar-refractivity contribution in [3.63, 3.8) is 0 Å². The van der Waals surface area contributed by atoms with Crippen LogP contribution in [-0.4, -0.2) is 16.7 Å². The third-order valence-corrected chi connectivity index (χ3v) is 3.43. The zero-order valence-electron chi connectivity index (χ0n) is 12.1. The molecule has 0 aliphatic rings. The van der Waals surface area contributed by atoms with E-state index in [1.807, 2.05) is 60.7 Å². The Balaban J connectivity index is 2.38. The Hall–Kier alpha value is -2.49. The number of hydrogen-bond donors (Lipinski definition) is 0. The topological polar surface area (TPSA) is 55.5 Å². The van der Waals surface area contributed by atoms with Gasteiger partial charge in [0.05, 0.1) is 0 Å². The van der Waals surface area contributed by atoms with Crippen LogP contribution in [0.4, 0.5) is 0 Å². The van der Waals surface area contributed by atoms with Crippen LogP contribution in [0.2, 0.25) is 0 Å². The van der Waals surface area contributed by atoms with Crippen molar-refractivity contribution in [2.24, 2.45) is 4.99 Å². The molecule has 0 N–H and O–H groups in total. The minimum Gasteiger partial charge on any atom is -0.277 e. The minimum atomic E-state index is -1.17. The third kappa shape index (κ3) is 3.54. The van der Waals surface area contributed by atoms with E-state index in [-0.39, 0.29) is 4.92 Å². The first-order chi connectivity index (χ1) is 10.0. The van der Waals surface area contributed by atoms with E-state index in [0.29, 0.717) is 0 Å². The number of aliphatic imine (C=N–C) groups is 1. The number of rotatable bonds is 5. The fourth-order valence-corrected chi connectivity index (χ4v) is 2.11. The zero-order chi connectivity index (χ0) is 15.3. The Morgan fingerprint density at radius 1 is 1.05 bits per heavy atom. The highest BCUT2D eigenvalue weighted by Gasteiger charge is 2.41. The van der Waals surface area contributed by atoms with Crippen LogP contribution < -0.4 is 0 Å². The van der Waals surface area contributed by atoms with Crippen LogP contribution in [0.1, 0.15) is 31.0 Å². The maximum absolute atomic E-state index is 11.4. The van der Waals surface area contributed by atoms with Gasteiger partial charge in [-0.1, -0.05) is 60.7 Å². The number of benzene rings is 2. The van der Waals surface area contributed by atoms with Crippen LogP contribution in [0.25, 0.3) is 0 Å². The van der Waals surface area contributed by atoms with Gasteiger partial charge in [-0.05, 0) is 11.1 Å². The smallest absolute Gasteiger partial charge is 0.242 e. The van der Waals surface area contributed by atoms with Crippen molar-refractivity contribution in [1.82, 2.24) is 0 Å². The predicted molar refractivity (Wildman–Crippen MR) is 84.3 cm³/mol. The molecule has 2 aromatic carbocycles. The van der Waals surface area contributed by atoms with Gasteiger partial charge in [0.25, 0.3) is 0 Å². The van der Waals surface area contributed by atoms with Crippen LogP contribution in [0.15, 0.2) is 65.7 Å². The van der Waals surface area contributed by atoms with Crippen molar-refractivity contribution in [3.05, 3.63) is 81.9 Å². The monoisotopic (exact) mass is 282 g/mol. The van der Waals surface area contributed by atoms with Gasteiger partial charge in [-0.15, -0.1) is 0 Å². The molecule has 0 aliphatic heterocycles. The quantitative estimate of drug-likeness (QED) is 0.474. The van der Waals surface area contributed by atoms with Crippen molar-refractivity contribution < 1.29 is 4.92 Å². The largest absolute Gasteiger partial charge is 0.277 e. The Morgan fingerprint density at radius 2 is 1.57 bits per heavy atom. The standard InChI is InChI=1S/C17H18N2O2/c1-17(2,19(20)21)16(15-11-7-4-8-12-15)18-13-14-9-5-3-6-10-14/h3-13,16H,1-2H3. The second-order valence-electron chi connectivity index (χ2n) is 5.41. The van der Waals surface area contributed by atoms with E-state index in [2.05, 4.69) is 4.99 Å². The van der Waals surface area contributed by atoms with E-state index in [0.717, 1.165) is 11.1 Å². The first-order valence-electron chi connectivity index (χ1n) is 6.79. The van der Waals surface area contributed by atoms with E-state index in [9.17, 15) is 10.1 Å². The molecular formula is C17H18N2O2. The van der Waals surface area contributed by atoms with Crippen molar-refractivity contribution >= 4 is 6.21 Å². The SMILES string of the molecule is CC(C)(C(N=Cc1ccccc1)c1ccccc1)[N+](=O)[O-]. The van der Waals surface area contributed by atoms with Crippen molar-refractivity contribution in [3.8, 4) is 0 Å². The lowest BCUT2D eigenvalue weighted by Gasteiger charge is -2.23. The Morgan fingerprint density at radius 3 is 2.10 bits per heavy atom. The Labute approximate surface area is 124 Å². The van der Waals surface area contributed by atoms with E-state index in [1.165, 1.54) is 0 Å². The summed E-state index contributed by atoms with van der Waals surface area (Å²) in [5, 5.41) is 11.4. The molecule has 0 amide bonds. The molecule has 1 atom stereocenters. The first-order valence-corrected chi connectivity index (χ1v) is 6.79. The van der Waals surface area contributed by atoms with Gasteiger partial charge >= 0.3 is 0 Å². The van der Waals surface area contributed by atoms with Gasteiger partial charge < -0.3 is 0 Å². The average molecular weight is 282 g/mol. The van der Waals surface area contributed by atoms with Gasteiger partial charge in [-0.25, -0.2) is 0 Å². The summed E-state index contributed by atoms with van der Waals surface area (Å²) in [6, 6.07) is 18.4. The molecule has 0 heterocycles. The number of hydrogen-bond acceptors (Lipinski definition) is 3. The molecule has 2 rings (SSSR count). The fraction of sp³-hybridized carbons (Fsp3) is 0.235. The van der Waals surface area contributed by atoms with Gasteiger partial charge in [-0.3, -0.25) is 15.1 Å². The van der Waals surface area contributed by atoms with Gasteiger partial charge in [0.15, 0.2) is 0 Å². The highest BCUT2D eigenvalue weighted by atomic mass is 16.6. The molecule has 108 valence electrons. The highest BCUT2D eigenvalue weighted by molar-refractivity contribution is 5.79. The highest BCUT2D eigenvalue weighted by Crippen LogP contribution is 2.31. The summed E-state index contributed by atoms with van der Waals surface area (Å²) in [5.74, 6) is 0. The van der Waals surface area contributed by atoms with Crippen LogP contribution in [0, 0.1) is 10.1 Å². The molecule has 4 heteroatoms. The van der Waals surface area contributed by atoms with Crippen molar-refractivity contribution in [2.75, 3.05) is 0 Å². The molecule has 0 bridgehead atoms.